The van der Waals surface area contributed by atoms with E-state index in [-0.39, 0.29) is 6.04 Å². The van der Waals surface area contributed by atoms with Crippen molar-refractivity contribution in [1.82, 2.24) is 9.78 Å². The molecule has 100 valence electrons. The molecule has 0 aliphatic heterocycles. The Hall–Kier alpha value is -1.61. The molecule has 0 amide bonds. The molecule has 1 fully saturated rings. The maximum absolute atomic E-state index is 6.48. The van der Waals surface area contributed by atoms with E-state index in [9.17, 15) is 0 Å². The Kier molecular flexibility index (Phi) is 3.38. The molecule has 2 aromatic rings. The summed E-state index contributed by atoms with van der Waals surface area (Å²) in [6.07, 6.45) is 5.63. The monoisotopic (exact) mass is 255 g/mol. The molecule has 1 saturated carbocycles. The van der Waals surface area contributed by atoms with Crippen LogP contribution in [0.2, 0.25) is 0 Å². The van der Waals surface area contributed by atoms with Gasteiger partial charge in [-0.1, -0.05) is 31.5 Å². The zero-order chi connectivity index (χ0) is 13.2. The molecule has 1 aromatic carbocycles. The topological polar surface area (TPSA) is 43.8 Å². The summed E-state index contributed by atoms with van der Waals surface area (Å²) in [6.45, 7) is 2.32. The molecule has 2 N–H and O–H groups in total. The van der Waals surface area contributed by atoms with Gasteiger partial charge in [-0.3, -0.25) is 0 Å². The van der Waals surface area contributed by atoms with Crippen LogP contribution in [0.1, 0.15) is 37.9 Å². The van der Waals surface area contributed by atoms with E-state index >= 15 is 0 Å². The summed E-state index contributed by atoms with van der Waals surface area (Å²) in [5.74, 6) is 1.40. The van der Waals surface area contributed by atoms with E-state index in [1.165, 1.54) is 19.3 Å². The highest BCUT2D eigenvalue weighted by atomic mass is 15.3. The standard InChI is InChI=1S/C16H21N3/c1-12-7-8-13(11-12)16(17)15-9-10-18-19(15)14-5-3-2-4-6-14/h2-6,9-10,12-13,16H,7-8,11,17H2,1H3. The molecule has 3 unspecified atom stereocenters. The molecule has 3 atom stereocenters. The largest absolute Gasteiger partial charge is 0.322 e. The molecule has 0 spiro atoms. The molecule has 1 aliphatic carbocycles. The van der Waals surface area contributed by atoms with Crippen LogP contribution in [0.5, 0.6) is 0 Å². The summed E-state index contributed by atoms with van der Waals surface area (Å²) in [7, 11) is 0. The second kappa shape index (κ2) is 5.17. The summed E-state index contributed by atoms with van der Waals surface area (Å²) in [5, 5.41) is 4.43. The Morgan fingerprint density at radius 3 is 2.68 bits per heavy atom. The highest BCUT2D eigenvalue weighted by Gasteiger charge is 2.29. The van der Waals surface area contributed by atoms with Gasteiger partial charge in [0.15, 0.2) is 0 Å². The van der Waals surface area contributed by atoms with Gasteiger partial charge in [0.2, 0.25) is 0 Å². The Morgan fingerprint density at radius 1 is 1.21 bits per heavy atom. The predicted octanol–water partition coefficient (Wildman–Crippen LogP) is 3.31. The molecule has 1 heterocycles. The Bertz CT molecular complexity index is 532. The first-order valence-corrected chi connectivity index (χ1v) is 7.10. The van der Waals surface area contributed by atoms with Gasteiger partial charge in [-0.2, -0.15) is 5.10 Å². The van der Waals surface area contributed by atoms with Gasteiger partial charge in [-0.15, -0.1) is 0 Å². The molecular formula is C16H21N3. The van der Waals surface area contributed by atoms with Crippen LogP contribution in [0.15, 0.2) is 42.6 Å². The highest BCUT2D eigenvalue weighted by molar-refractivity contribution is 5.33. The zero-order valence-electron chi connectivity index (χ0n) is 11.4. The minimum Gasteiger partial charge on any atom is -0.322 e. The van der Waals surface area contributed by atoms with Crippen molar-refractivity contribution in [3.8, 4) is 5.69 Å². The normalized spacial score (nSPS) is 24.5. The molecule has 19 heavy (non-hydrogen) atoms. The van der Waals surface area contributed by atoms with E-state index in [4.69, 9.17) is 5.73 Å². The lowest BCUT2D eigenvalue weighted by Gasteiger charge is -2.20. The summed E-state index contributed by atoms with van der Waals surface area (Å²) in [5.41, 5.74) is 8.70. The van der Waals surface area contributed by atoms with E-state index in [1.54, 1.807) is 0 Å². The van der Waals surface area contributed by atoms with Crippen molar-refractivity contribution in [2.24, 2.45) is 17.6 Å². The van der Waals surface area contributed by atoms with Crippen molar-refractivity contribution in [3.05, 3.63) is 48.3 Å². The van der Waals surface area contributed by atoms with Gasteiger partial charge in [0.05, 0.1) is 11.4 Å². The van der Waals surface area contributed by atoms with E-state index in [1.807, 2.05) is 29.1 Å². The number of benzene rings is 1. The van der Waals surface area contributed by atoms with Gasteiger partial charge >= 0.3 is 0 Å². The third-order valence-corrected chi connectivity index (χ3v) is 4.26. The average Bonchev–Trinajstić information content (AvgIpc) is 3.07. The van der Waals surface area contributed by atoms with Crippen molar-refractivity contribution >= 4 is 0 Å². The lowest BCUT2D eigenvalue weighted by atomic mass is 9.95. The van der Waals surface area contributed by atoms with Crippen molar-refractivity contribution in [2.75, 3.05) is 0 Å². The Morgan fingerprint density at radius 2 is 2.00 bits per heavy atom. The van der Waals surface area contributed by atoms with E-state index < -0.39 is 0 Å². The van der Waals surface area contributed by atoms with E-state index in [0.717, 1.165) is 17.3 Å². The third-order valence-electron chi connectivity index (χ3n) is 4.26. The molecule has 0 bridgehead atoms. The fraction of sp³-hybridized carbons (Fsp3) is 0.438. The van der Waals surface area contributed by atoms with Crippen LogP contribution < -0.4 is 5.73 Å². The first-order valence-electron chi connectivity index (χ1n) is 7.10. The lowest BCUT2D eigenvalue weighted by molar-refractivity contribution is 0.415. The van der Waals surface area contributed by atoms with E-state index in [0.29, 0.717) is 5.92 Å². The third kappa shape index (κ3) is 2.43. The van der Waals surface area contributed by atoms with Crippen LogP contribution in [-0.2, 0) is 0 Å². The second-order valence-electron chi connectivity index (χ2n) is 5.71. The van der Waals surface area contributed by atoms with Crippen molar-refractivity contribution in [2.45, 2.75) is 32.2 Å². The Balaban J connectivity index is 1.88. The molecular weight excluding hydrogens is 234 g/mol. The van der Waals surface area contributed by atoms with E-state index in [2.05, 4.69) is 30.2 Å². The Labute approximate surface area is 114 Å². The summed E-state index contributed by atoms with van der Waals surface area (Å²) in [4.78, 5) is 0. The number of rotatable bonds is 3. The van der Waals surface area contributed by atoms with Crippen LogP contribution in [0.4, 0.5) is 0 Å². The fourth-order valence-electron chi connectivity index (χ4n) is 3.17. The van der Waals surface area contributed by atoms with Gasteiger partial charge in [0, 0.05) is 12.2 Å². The van der Waals surface area contributed by atoms with Gasteiger partial charge in [-0.25, -0.2) is 4.68 Å². The minimum atomic E-state index is 0.0904. The van der Waals surface area contributed by atoms with Gasteiger partial charge in [-0.05, 0) is 42.9 Å². The zero-order valence-corrected chi connectivity index (χ0v) is 11.4. The van der Waals surface area contributed by atoms with Gasteiger partial charge in [0.1, 0.15) is 0 Å². The average molecular weight is 255 g/mol. The molecule has 1 aromatic heterocycles. The number of nitrogens with two attached hydrogens (primary N) is 1. The van der Waals surface area contributed by atoms with Crippen LogP contribution in [0.3, 0.4) is 0 Å². The number of hydrogen-bond donors (Lipinski definition) is 1. The van der Waals surface area contributed by atoms with Crippen molar-refractivity contribution < 1.29 is 0 Å². The summed E-state index contributed by atoms with van der Waals surface area (Å²) in [6, 6.07) is 12.4. The number of aromatic nitrogens is 2. The number of nitrogens with zero attached hydrogens (tertiary/aromatic N) is 2. The minimum absolute atomic E-state index is 0.0904. The molecule has 1 aliphatic rings. The predicted molar refractivity (Wildman–Crippen MR) is 77.0 cm³/mol. The van der Waals surface area contributed by atoms with Gasteiger partial charge in [0.25, 0.3) is 0 Å². The smallest absolute Gasteiger partial charge is 0.0649 e. The van der Waals surface area contributed by atoms with Crippen molar-refractivity contribution in [1.29, 1.82) is 0 Å². The number of para-hydroxylation sites is 1. The molecule has 3 heteroatoms. The van der Waals surface area contributed by atoms with Crippen molar-refractivity contribution in [3.63, 3.8) is 0 Å². The molecule has 3 nitrogen and oxygen atoms in total. The quantitative estimate of drug-likeness (QED) is 0.914. The first kappa shape index (κ1) is 12.4. The van der Waals surface area contributed by atoms with Crippen LogP contribution in [0.25, 0.3) is 5.69 Å². The van der Waals surface area contributed by atoms with Crippen LogP contribution in [0, 0.1) is 11.8 Å². The van der Waals surface area contributed by atoms with Crippen LogP contribution >= 0.6 is 0 Å². The summed E-state index contributed by atoms with van der Waals surface area (Å²) < 4.78 is 1.98. The van der Waals surface area contributed by atoms with Crippen LogP contribution in [-0.4, -0.2) is 9.78 Å². The maximum Gasteiger partial charge on any atom is 0.0649 e. The lowest BCUT2D eigenvalue weighted by Crippen LogP contribution is -2.22. The molecule has 0 radical (unpaired) electrons. The van der Waals surface area contributed by atoms with Gasteiger partial charge < -0.3 is 5.73 Å². The fourth-order valence-corrected chi connectivity index (χ4v) is 3.17. The molecule has 3 rings (SSSR count). The second-order valence-corrected chi connectivity index (χ2v) is 5.71. The summed E-state index contributed by atoms with van der Waals surface area (Å²) >= 11 is 0. The highest BCUT2D eigenvalue weighted by Crippen LogP contribution is 2.37. The number of hydrogen-bond acceptors (Lipinski definition) is 2. The maximum atomic E-state index is 6.48. The first-order chi connectivity index (χ1) is 9.25. The molecule has 0 saturated heterocycles. The SMILES string of the molecule is CC1CCC(C(N)c2ccnn2-c2ccccc2)C1.